The fourth-order valence-corrected chi connectivity index (χ4v) is 3.45. The summed E-state index contributed by atoms with van der Waals surface area (Å²) in [6.07, 6.45) is 0.116. The van der Waals surface area contributed by atoms with Crippen LogP contribution in [-0.2, 0) is 0 Å². The number of fused-ring (bicyclic) bond motifs is 1. The molecule has 0 unspecified atom stereocenters. The van der Waals surface area contributed by atoms with Gasteiger partial charge in [0.25, 0.3) is 0 Å². The molecule has 1 atom stereocenters. The third-order valence-electron chi connectivity index (χ3n) is 4.77. The summed E-state index contributed by atoms with van der Waals surface area (Å²) in [7, 11) is 0. The number of piperazine rings is 1. The lowest BCUT2D eigenvalue weighted by molar-refractivity contribution is 0.0571. The zero-order valence-corrected chi connectivity index (χ0v) is 14.1. The van der Waals surface area contributed by atoms with Crippen molar-refractivity contribution in [3.8, 4) is 11.5 Å². The SMILES string of the molecule is Cc1cccc(N2CCN(C[C@H]3COc4ccccc4O3)CC2)c1. The highest BCUT2D eigenvalue weighted by Gasteiger charge is 2.25. The molecular formula is C20H24N2O2. The molecule has 0 spiro atoms. The maximum Gasteiger partial charge on any atom is 0.161 e. The second-order valence-electron chi connectivity index (χ2n) is 6.62. The first-order valence-electron chi connectivity index (χ1n) is 8.70. The molecule has 0 saturated carbocycles. The minimum Gasteiger partial charge on any atom is -0.486 e. The van der Waals surface area contributed by atoms with E-state index in [4.69, 9.17) is 9.47 Å². The molecule has 0 bridgehead atoms. The zero-order chi connectivity index (χ0) is 16.4. The summed E-state index contributed by atoms with van der Waals surface area (Å²) in [5, 5.41) is 0. The van der Waals surface area contributed by atoms with Crippen molar-refractivity contribution in [2.75, 3.05) is 44.2 Å². The minimum absolute atomic E-state index is 0.116. The highest BCUT2D eigenvalue weighted by atomic mass is 16.6. The second kappa shape index (κ2) is 6.73. The molecule has 2 aromatic carbocycles. The van der Waals surface area contributed by atoms with E-state index in [2.05, 4.69) is 41.0 Å². The third kappa shape index (κ3) is 3.34. The van der Waals surface area contributed by atoms with E-state index in [-0.39, 0.29) is 6.10 Å². The molecular weight excluding hydrogens is 300 g/mol. The van der Waals surface area contributed by atoms with Gasteiger partial charge in [0.2, 0.25) is 0 Å². The van der Waals surface area contributed by atoms with Gasteiger partial charge in [-0.05, 0) is 36.8 Å². The Bertz CT molecular complexity index is 696. The van der Waals surface area contributed by atoms with Crippen LogP contribution in [-0.4, -0.2) is 50.3 Å². The Morgan fingerprint density at radius 2 is 1.75 bits per heavy atom. The molecule has 24 heavy (non-hydrogen) atoms. The van der Waals surface area contributed by atoms with E-state index in [9.17, 15) is 0 Å². The van der Waals surface area contributed by atoms with Gasteiger partial charge in [-0.1, -0.05) is 24.3 Å². The topological polar surface area (TPSA) is 24.9 Å². The lowest BCUT2D eigenvalue weighted by Crippen LogP contribution is -2.50. The Kier molecular flexibility index (Phi) is 4.30. The Labute approximate surface area is 143 Å². The lowest BCUT2D eigenvalue weighted by Gasteiger charge is -2.38. The molecule has 126 valence electrons. The highest BCUT2D eigenvalue weighted by Crippen LogP contribution is 2.31. The maximum atomic E-state index is 6.08. The molecule has 2 aliphatic heterocycles. The van der Waals surface area contributed by atoms with E-state index in [1.807, 2.05) is 24.3 Å². The molecule has 2 aliphatic rings. The molecule has 0 amide bonds. The van der Waals surface area contributed by atoms with E-state index in [1.54, 1.807) is 0 Å². The first-order valence-corrected chi connectivity index (χ1v) is 8.70. The number of benzene rings is 2. The summed E-state index contributed by atoms with van der Waals surface area (Å²) in [4.78, 5) is 4.95. The number of aryl methyl sites for hydroxylation is 1. The first kappa shape index (κ1) is 15.3. The maximum absolute atomic E-state index is 6.08. The standard InChI is InChI=1S/C20H24N2O2/c1-16-5-4-6-17(13-16)22-11-9-21(10-12-22)14-18-15-23-19-7-2-3-8-20(19)24-18/h2-8,13,18H,9-12,14-15H2,1H3/t18-/m0/s1. The Hall–Kier alpha value is -2.20. The van der Waals surface area contributed by atoms with Crippen LogP contribution >= 0.6 is 0 Å². The summed E-state index contributed by atoms with van der Waals surface area (Å²) in [5.41, 5.74) is 2.65. The van der Waals surface area contributed by atoms with Gasteiger partial charge in [-0.15, -0.1) is 0 Å². The van der Waals surface area contributed by atoms with Crippen molar-refractivity contribution in [1.29, 1.82) is 0 Å². The van der Waals surface area contributed by atoms with Gasteiger partial charge in [-0.25, -0.2) is 0 Å². The van der Waals surface area contributed by atoms with Crippen LogP contribution in [0.3, 0.4) is 0 Å². The number of anilines is 1. The van der Waals surface area contributed by atoms with Crippen molar-refractivity contribution in [2.24, 2.45) is 0 Å². The van der Waals surface area contributed by atoms with E-state index in [0.29, 0.717) is 6.61 Å². The van der Waals surface area contributed by atoms with Crippen LogP contribution in [0.25, 0.3) is 0 Å². The van der Waals surface area contributed by atoms with Crippen LogP contribution in [0.4, 0.5) is 5.69 Å². The van der Waals surface area contributed by atoms with Crippen LogP contribution < -0.4 is 14.4 Å². The number of para-hydroxylation sites is 2. The molecule has 0 N–H and O–H groups in total. The molecule has 0 radical (unpaired) electrons. The number of ether oxygens (including phenoxy) is 2. The molecule has 2 heterocycles. The quantitative estimate of drug-likeness (QED) is 0.867. The van der Waals surface area contributed by atoms with Crippen LogP contribution in [0, 0.1) is 6.92 Å². The van der Waals surface area contributed by atoms with Crippen LogP contribution in [0.2, 0.25) is 0 Å². The van der Waals surface area contributed by atoms with E-state index < -0.39 is 0 Å². The zero-order valence-electron chi connectivity index (χ0n) is 14.1. The van der Waals surface area contributed by atoms with Crippen molar-refractivity contribution < 1.29 is 9.47 Å². The van der Waals surface area contributed by atoms with Crippen molar-refractivity contribution in [2.45, 2.75) is 13.0 Å². The predicted molar refractivity (Wildman–Crippen MR) is 96.2 cm³/mol. The number of hydrogen-bond acceptors (Lipinski definition) is 4. The molecule has 2 aromatic rings. The van der Waals surface area contributed by atoms with Crippen molar-refractivity contribution in [1.82, 2.24) is 4.90 Å². The molecule has 1 fully saturated rings. The summed E-state index contributed by atoms with van der Waals surface area (Å²) in [6, 6.07) is 16.7. The largest absolute Gasteiger partial charge is 0.486 e. The first-order chi connectivity index (χ1) is 11.8. The van der Waals surface area contributed by atoms with Gasteiger partial charge in [0.05, 0.1) is 0 Å². The predicted octanol–water partition coefficient (Wildman–Crippen LogP) is 2.96. The average molecular weight is 324 g/mol. The number of hydrogen-bond donors (Lipinski definition) is 0. The summed E-state index contributed by atoms with van der Waals surface area (Å²) in [6.45, 7) is 7.97. The second-order valence-corrected chi connectivity index (χ2v) is 6.62. The highest BCUT2D eigenvalue weighted by molar-refractivity contribution is 5.48. The van der Waals surface area contributed by atoms with Gasteiger partial charge >= 0.3 is 0 Å². The number of rotatable bonds is 3. The molecule has 0 aliphatic carbocycles. The smallest absolute Gasteiger partial charge is 0.161 e. The average Bonchev–Trinajstić information content (AvgIpc) is 2.62. The summed E-state index contributed by atoms with van der Waals surface area (Å²) < 4.78 is 11.9. The van der Waals surface area contributed by atoms with Gasteiger partial charge in [-0.2, -0.15) is 0 Å². The molecule has 4 rings (SSSR count). The van der Waals surface area contributed by atoms with Gasteiger partial charge < -0.3 is 14.4 Å². The molecule has 0 aromatic heterocycles. The van der Waals surface area contributed by atoms with Crippen LogP contribution in [0.1, 0.15) is 5.56 Å². The van der Waals surface area contributed by atoms with Crippen molar-refractivity contribution in [3.63, 3.8) is 0 Å². The van der Waals surface area contributed by atoms with Gasteiger partial charge in [0, 0.05) is 38.4 Å². The molecule has 4 heteroatoms. The normalized spacial score (nSPS) is 20.9. The van der Waals surface area contributed by atoms with Gasteiger partial charge in [0.1, 0.15) is 12.7 Å². The lowest BCUT2D eigenvalue weighted by atomic mass is 10.2. The summed E-state index contributed by atoms with van der Waals surface area (Å²) >= 11 is 0. The third-order valence-corrected chi connectivity index (χ3v) is 4.77. The van der Waals surface area contributed by atoms with Crippen molar-refractivity contribution >= 4 is 5.69 Å². The number of nitrogens with zero attached hydrogens (tertiary/aromatic N) is 2. The van der Waals surface area contributed by atoms with Gasteiger partial charge in [0.15, 0.2) is 11.5 Å². The molecule has 4 nitrogen and oxygen atoms in total. The van der Waals surface area contributed by atoms with Crippen molar-refractivity contribution in [3.05, 3.63) is 54.1 Å². The van der Waals surface area contributed by atoms with E-state index in [1.165, 1.54) is 11.3 Å². The Morgan fingerprint density at radius 3 is 2.54 bits per heavy atom. The monoisotopic (exact) mass is 324 g/mol. The summed E-state index contributed by atoms with van der Waals surface area (Å²) in [5.74, 6) is 1.73. The van der Waals surface area contributed by atoms with Crippen LogP contribution in [0.5, 0.6) is 11.5 Å². The van der Waals surface area contributed by atoms with E-state index in [0.717, 1.165) is 44.2 Å². The van der Waals surface area contributed by atoms with Gasteiger partial charge in [-0.3, -0.25) is 4.90 Å². The van der Waals surface area contributed by atoms with Crippen LogP contribution in [0.15, 0.2) is 48.5 Å². The molecule has 1 saturated heterocycles. The fraction of sp³-hybridized carbons (Fsp3) is 0.400. The Morgan fingerprint density at radius 1 is 0.958 bits per heavy atom. The fourth-order valence-electron chi connectivity index (χ4n) is 3.45. The van der Waals surface area contributed by atoms with E-state index >= 15 is 0 Å². The Balaban J connectivity index is 1.31. The minimum atomic E-state index is 0.116.